The van der Waals surface area contributed by atoms with Crippen molar-refractivity contribution in [3.05, 3.63) is 83.7 Å². The lowest BCUT2D eigenvalue weighted by molar-refractivity contribution is 0.0981. The van der Waals surface area contributed by atoms with Gasteiger partial charge in [-0.15, -0.1) is 0 Å². The molecule has 2 aromatic heterocycles. The van der Waals surface area contributed by atoms with Gasteiger partial charge in [0.25, 0.3) is 15.9 Å². The van der Waals surface area contributed by atoms with Crippen molar-refractivity contribution in [2.45, 2.75) is 69.7 Å². The van der Waals surface area contributed by atoms with E-state index in [1.54, 1.807) is 24.3 Å². The average Bonchev–Trinajstić information content (AvgIpc) is 3.10. The Labute approximate surface area is 218 Å². The molecule has 0 spiro atoms. The van der Waals surface area contributed by atoms with Crippen LogP contribution in [0.2, 0.25) is 0 Å². The average molecular weight is 516 g/mol. The first kappa shape index (κ1) is 25.2. The van der Waals surface area contributed by atoms with Crippen LogP contribution in [0.1, 0.15) is 73.5 Å². The number of nitrogens with one attached hydrogen (secondary N) is 1. The monoisotopic (exact) mass is 515 g/mol. The highest BCUT2D eigenvalue weighted by Crippen LogP contribution is 2.42. The Morgan fingerprint density at radius 3 is 2.68 bits per heavy atom. The fourth-order valence-electron chi connectivity index (χ4n) is 5.48. The number of carbonyl (C=O) groups is 1. The molecular formula is C30H33N3O3S. The number of benzene rings is 2. The lowest BCUT2D eigenvalue weighted by Gasteiger charge is -2.16. The van der Waals surface area contributed by atoms with E-state index in [0.717, 1.165) is 48.0 Å². The minimum Gasteiger partial charge on any atom is -0.340 e. The Hall–Kier alpha value is -3.45. The molecule has 3 heterocycles. The smallest absolute Gasteiger partial charge is 0.265 e. The molecule has 1 unspecified atom stereocenters. The van der Waals surface area contributed by atoms with E-state index in [4.69, 9.17) is 4.98 Å². The maximum Gasteiger partial charge on any atom is 0.265 e. The van der Waals surface area contributed by atoms with Gasteiger partial charge in [0.1, 0.15) is 0 Å². The third-order valence-electron chi connectivity index (χ3n) is 7.32. The number of rotatable bonds is 8. The Bertz CT molecular complexity index is 1540. The molecule has 1 atom stereocenters. The van der Waals surface area contributed by atoms with Gasteiger partial charge in [0.05, 0.1) is 10.6 Å². The summed E-state index contributed by atoms with van der Waals surface area (Å²) in [5.41, 5.74) is 6.05. The van der Waals surface area contributed by atoms with Crippen molar-refractivity contribution in [1.82, 2.24) is 14.3 Å². The maximum absolute atomic E-state index is 13.1. The zero-order chi connectivity index (χ0) is 26.0. The third kappa shape index (κ3) is 4.92. The first-order valence-corrected chi connectivity index (χ1v) is 14.6. The fourth-order valence-corrected chi connectivity index (χ4v) is 6.48. The summed E-state index contributed by atoms with van der Waals surface area (Å²) in [7, 11) is -3.96. The number of fused-ring (bicyclic) bond motifs is 5. The van der Waals surface area contributed by atoms with Crippen LogP contribution in [0.3, 0.4) is 0 Å². The molecule has 7 heteroatoms. The number of sulfonamides is 1. The summed E-state index contributed by atoms with van der Waals surface area (Å²) in [5.74, 6) is -0.288. The molecule has 1 aliphatic heterocycles. The highest BCUT2D eigenvalue weighted by atomic mass is 32.2. The fraction of sp³-hybridized carbons (Fsp3) is 0.333. The summed E-state index contributed by atoms with van der Waals surface area (Å²) < 4.78 is 30.1. The van der Waals surface area contributed by atoms with Gasteiger partial charge in [-0.05, 0) is 67.1 Å². The van der Waals surface area contributed by atoms with Gasteiger partial charge in [-0.1, -0.05) is 57.4 Å². The summed E-state index contributed by atoms with van der Waals surface area (Å²) >= 11 is 0. The van der Waals surface area contributed by atoms with Gasteiger partial charge in [0.2, 0.25) is 0 Å². The molecule has 37 heavy (non-hydrogen) atoms. The molecule has 5 rings (SSSR count). The number of aromatic nitrogens is 2. The number of unbranched alkanes of at least 4 members (excludes halogenated alkanes) is 2. The van der Waals surface area contributed by atoms with E-state index in [-0.39, 0.29) is 4.90 Å². The molecule has 0 radical (unpaired) electrons. The van der Waals surface area contributed by atoms with Crippen molar-refractivity contribution in [3.63, 3.8) is 0 Å². The molecule has 1 amide bonds. The first-order valence-electron chi connectivity index (χ1n) is 13.1. The van der Waals surface area contributed by atoms with Gasteiger partial charge in [0, 0.05) is 40.5 Å². The third-order valence-corrected chi connectivity index (χ3v) is 8.67. The second-order valence-electron chi connectivity index (χ2n) is 9.89. The quantitative estimate of drug-likeness (QED) is 0.273. The number of carbonyl (C=O) groups excluding carboxylic acids is 1. The van der Waals surface area contributed by atoms with Crippen molar-refractivity contribution in [2.24, 2.45) is 0 Å². The second-order valence-corrected chi connectivity index (χ2v) is 11.6. The van der Waals surface area contributed by atoms with Gasteiger partial charge in [-0.3, -0.25) is 9.78 Å². The van der Waals surface area contributed by atoms with Crippen LogP contribution in [0.4, 0.5) is 0 Å². The second kappa shape index (κ2) is 10.5. The van der Waals surface area contributed by atoms with Crippen LogP contribution in [0, 0.1) is 0 Å². The van der Waals surface area contributed by atoms with Crippen molar-refractivity contribution in [3.8, 4) is 11.3 Å². The van der Waals surface area contributed by atoms with Gasteiger partial charge < -0.3 is 4.57 Å². The molecular weight excluding hydrogens is 482 g/mol. The van der Waals surface area contributed by atoms with E-state index >= 15 is 0 Å². The van der Waals surface area contributed by atoms with E-state index in [2.05, 4.69) is 29.2 Å². The molecule has 2 aromatic carbocycles. The first-order chi connectivity index (χ1) is 17.9. The number of hydrogen-bond acceptors (Lipinski definition) is 4. The van der Waals surface area contributed by atoms with Crippen LogP contribution < -0.4 is 4.72 Å². The van der Waals surface area contributed by atoms with Crippen molar-refractivity contribution in [2.75, 3.05) is 0 Å². The number of hydrogen-bond donors (Lipinski definition) is 1. The van der Waals surface area contributed by atoms with Crippen LogP contribution in [0.25, 0.3) is 22.2 Å². The van der Waals surface area contributed by atoms with Crippen LogP contribution in [0.5, 0.6) is 0 Å². The minimum atomic E-state index is -3.96. The summed E-state index contributed by atoms with van der Waals surface area (Å²) in [6.07, 6.45) is 8.35. The SMILES string of the molecule is CCCCCC(C)c1c2n(c3cc(C(=O)NS(=O)(=O)c4ccccc4)ccc13)CCCc1ncccc1-2. The van der Waals surface area contributed by atoms with Gasteiger partial charge in [-0.25, -0.2) is 13.1 Å². The van der Waals surface area contributed by atoms with E-state index in [9.17, 15) is 13.2 Å². The van der Waals surface area contributed by atoms with Crippen molar-refractivity contribution < 1.29 is 13.2 Å². The van der Waals surface area contributed by atoms with E-state index in [1.165, 1.54) is 42.7 Å². The zero-order valence-corrected chi connectivity index (χ0v) is 22.2. The summed E-state index contributed by atoms with van der Waals surface area (Å²) in [6, 6.07) is 17.7. The normalized spacial score (nSPS) is 14.0. The molecule has 4 aromatic rings. The number of amides is 1. The van der Waals surface area contributed by atoms with Crippen LogP contribution in [-0.2, 0) is 23.0 Å². The molecule has 1 N–H and O–H groups in total. The molecule has 0 saturated carbocycles. The maximum atomic E-state index is 13.1. The molecule has 0 fully saturated rings. The van der Waals surface area contributed by atoms with E-state index in [1.807, 2.05) is 24.4 Å². The minimum absolute atomic E-state index is 0.0632. The highest BCUT2D eigenvalue weighted by Gasteiger charge is 2.27. The van der Waals surface area contributed by atoms with Crippen LogP contribution in [0.15, 0.2) is 71.8 Å². The standard InChI is InChI=1S/C30H33N3O3S/c1-3-4-6-11-21(2)28-25-17-16-22(30(34)32-37(35,36)23-12-7-5-8-13-23)20-27(25)33-19-10-15-26-24(29(28)33)14-9-18-31-26/h5,7-9,12-14,16-18,20-21H,3-4,6,10-11,15,19H2,1-2H3,(H,32,34). The predicted molar refractivity (Wildman–Crippen MR) is 147 cm³/mol. The summed E-state index contributed by atoms with van der Waals surface area (Å²) in [5, 5.41) is 1.12. The Morgan fingerprint density at radius 2 is 1.89 bits per heavy atom. The molecule has 6 nitrogen and oxygen atoms in total. The summed E-state index contributed by atoms with van der Waals surface area (Å²) in [6.45, 7) is 5.33. The van der Waals surface area contributed by atoms with Crippen LogP contribution in [-0.4, -0.2) is 23.9 Å². The lowest BCUT2D eigenvalue weighted by atomic mass is 9.90. The Balaban J connectivity index is 1.60. The highest BCUT2D eigenvalue weighted by molar-refractivity contribution is 7.90. The van der Waals surface area contributed by atoms with E-state index < -0.39 is 15.9 Å². The number of nitrogens with zero attached hydrogens (tertiary/aromatic N) is 2. The molecule has 0 saturated heterocycles. The predicted octanol–water partition coefficient (Wildman–Crippen LogP) is 6.45. The Kier molecular flexibility index (Phi) is 7.15. The van der Waals surface area contributed by atoms with Gasteiger partial charge in [-0.2, -0.15) is 0 Å². The molecule has 0 bridgehead atoms. The Morgan fingerprint density at radius 1 is 1.08 bits per heavy atom. The topological polar surface area (TPSA) is 81.1 Å². The number of aryl methyl sites for hydroxylation is 2. The lowest BCUT2D eigenvalue weighted by Crippen LogP contribution is -2.30. The van der Waals surface area contributed by atoms with Crippen LogP contribution >= 0.6 is 0 Å². The van der Waals surface area contributed by atoms with Gasteiger partial charge in [0.15, 0.2) is 0 Å². The number of pyridine rings is 1. The van der Waals surface area contributed by atoms with Gasteiger partial charge >= 0.3 is 0 Å². The molecule has 1 aliphatic rings. The molecule has 192 valence electrons. The largest absolute Gasteiger partial charge is 0.340 e. The van der Waals surface area contributed by atoms with Crippen molar-refractivity contribution in [1.29, 1.82) is 0 Å². The summed E-state index contributed by atoms with van der Waals surface area (Å²) in [4.78, 5) is 17.9. The van der Waals surface area contributed by atoms with E-state index in [0.29, 0.717) is 11.5 Å². The molecule has 0 aliphatic carbocycles. The zero-order valence-electron chi connectivity index (χ0n) is 21.4. The van der Waals surface area contributed by atoms with Crippen molar-refractivity contribution >= 4 is 26.8 Å².